The van der Waals surface area contributed by atoms with Crippen LogP contribution < -0.4 is 5.32 Å². The highest BCUT2D eigenvalue weighted by Crippen LogP contribution is 2.26. The van der Waals surface area contributed by atoms with Gasteiger partial charge in [0.1, 0.15) is 11.8 Å². The highest BCUT2D eigenvalue weighted by Gasteiger charge is 2.07. The molecule has 0 saturated carbocycles. The van der Waals surface area contributed by atoms with Gasteiger partial charge in [0.25, 0.3) is 0 Å². The van der Waals surface area contributed by atoms with Gasteiger partial charge in [-0.1, -0.05) is 12.1 Å². The van der Waals surface area contributed by atoms with Crippen molar-refractivity contribution < 1.29 is 9.90 Å². The van der Waals surface area contributed by atoms with E-state index >= 15 is 0 Å². The molecule has 2 rings (SSSR count). The van der Waals surface area contributed by atoms with Crippen LogP contribution in [0.25, 0.3) is 0 Å². The number of aromatic carboxylic acids is 1. The molecule has 1 aromatic carbocycles. The van der Waals surface area contributed by atoms with Crippen LogP contribution in [0.4, 0.5) is 5.69 Å². The Morgan fingerprint density at radius 2 is 2.24 bits per heavy atom. The zero-order valence-electron chi connectivity index (χ0n) is 11.3. The van der Waals surface area contributed by atoms with Gasteiger partial charge in [0.2, 0.25) is 0 Å². The molecule has 0 bridgehead atoms. The molecule has 0 unspecified atom stereocenters. The van der Waals surface area contributed by atoms with E-state index in [1.165, 1.54) is 24.0 Å². The summed E-state index contributed by atoms with van der Waals surface area (Å²) < 4.78 is 0. The van der Waals surface area contributed by atoms with Gasteiger partial charge in [-0.15, -0.1) is 11.8 Å². The number of pyridine rings is 1. The van der Waals surface area contributed by atoms with Crippen LogP contribution in [0.3, 0.4) is 0 Å². The highest BCUT2D eigenvalue weighted by molar-refractivity contribution is 7.98. The summed E-state index contributed by atoms with van der Waals surface area (Å²) in [6.45, 7) is 0.472. The molecule has 0 aliphatic rings. The Bertz CT molecular complexity index is 693. The lowest BCUT2D eigenvalue weighted by molar-refractivity contribution is 0.0690. The Morgan fingerprint density at radius 1 is 1.43 bits per heavy atom. The Kier molecular flexibility index (Phi) is 4.80. The summed E-state index contributed by atoms with van der Waals surface area (Å²) in [6.07, 6.45) is 3.44. The fourth-order valence-electron chi connectivity index (χ4n) is 1.82. The van der Waals surface area contributed by atoms with Crippen molar-refractivity contribution in [2.75, 3.05) is 11.6 Å². The minimum atomic E-state index is -1.05. The second-order valence-corrected chi connectivity index (χ2v) is 5.05. The predicted molar refractivity (Wildman–Crippen MR) is 81.5 cm³/mol. The van der Waals surface area contributed by atoms with Gasteiger partial charge in [-0.3, -0.25) is 0 Å². The molecule has 0 radical (unpaired) electrons. The van der Waals surface area contributed by atoms with Crippen molar-refractivity contribution in [2.45, 2.75) is 11.4 Å². The molecule has 6 heteroatoms. The summed E-state index contributed by atoms with van der Waals surface area (Å²) in [7, 11) is 0. The van der Waals surface area contributed by atoms with Crippen molar-refractivity contribution >= 4 is 23.4 Å². The van der Waals surface area contributed by atoms with Gasteiger partial charge in [-0.25, -0.2) is 9.78 Å². The van der Waals surface area contributed by atoms with Crippen molar-refractivity contribution in [3.05, 3.63) is 53.3 Å². The molecule has 0 aliphatic carbocycles. The lowest BCUT2D eigenvalue weighted by Gasteiger charge is -2.10. The van der Waals surface area contributed by atoms with Crippen LogP contribution in [0.1, 0.15) is 21.6 Å². The van der Waals surface area contributed by atoms with Gasteiger partial charge >= 0.3 is 5.97 Å². The number of nitrogens with zero attached hydrogens (tertiary/aromatic N) is 2. The first-order valence-electron chi connectivity index (χ1n) is 6.15. The predicted octanol–water partition coefficient (Wildman–Crippen LogP) is 2.99. The van der Waals surface area contributed by atoms with Gasteiger partial charge in [0.15, 0.2) is 0 Å². The Morgan fingerprint density at radius 3 is 2.81 bits per heavy atom. The average molecular weight is 299 g/mol. The first kappa shape index (κ1) is 14.9. The van der Waals surface area contributed by atoms with Crippen LogP contribution in [0.5, 0.6) is 0 Å². The average Bonchev–Trinajstić information content (AvgIpc) is 2.52. The molecule has 1 heterocycles. The third-order valence-electron chi connectivity index (χ3n) is 2.88. The maximum atomic E-state index is 10.7. The minimum Gasteiger partial charge on any atom is -0.477 e. The van der Waals surface area contributed by atoms with Gasteiger partial charge in [0, 0.05) is 17.6 Å². The van der Waals surface area contributed by atoms with Crippen LogP contribution in [-0.2, 0) is 6.54 Å². The van der Waals surface area contributed by atoms with Gasteiger partial charge in [-0.2, -0.15) is 5.26 Å². The maximum Gasteiger partial charge on any atom is 0.354 e. The zero-order valence-corrected chi connectivity index (χ0v) is 12.1. The molecular weight excluding hydrogens is 286 g/mol. The molecule has 5 nitrogen and oxygen atoms in total. The highest BCUT2D eigenvalue weighted by atomic mass is 32.2. The van der Waals surface area contributed by atoms with Crippen molar-refractivity contribution in [1.29, 1.82) is 5.26 Å². The first-order valence-corrected chi connectivity index (χ1v) is 7.37. The topological polar surface area (TPSA) is 86.0 Å². The van der Waals surface area contributed by atoms with Crippen LogP contribution >= 0.6 is 11.8 Å². The number of hydrogen-bond donors (Lipinski definition) is 2. The van der Waals surface area contributed by atoms with E-state index in [1.54, 1.807) is 6.07 Å². The summed E-state index contributed by atoms with van der Waals surface area (Å²) in [4.78, 5) is 15.5. The number of hydrogen-bond acceptors (Lipinski definition) is 5. The van der Waals surface area contributed by atoms with E-state index in [0.29, 0.717) is 12.1 Å². The van der Waals surface area contributed by atoms with Crippen LogP contribution in [0.2, 0.25) is 0 Å². The van der Waals surface area contributed by atoms with Gasteiger partial charge in [0.05, 0.1) is 11.3 Å². The number of anilines is 1. The molecule has 2 aromatic rings. The van der Waals surface area contributed by atoms with Crippen LogP contribution in [-0.4, -0.2) is 22.3 Å². The van der Waals surface area contributed by atoms with Gasteiger partial charge in [-0.05, 0) is 30.0 Å². The van der Waals surface area contributed by atoms with E-state index in [0.717, 1.165) is 16.1 Å². The summed E-state index contributed by atoms with van der Waals surface area (Å²) in [6, 6.07) is 11.0. The molecule has 0 saturated heterocycles. The fourth-order valence-corrected chi connectivity index (χ4v) is 2.39. The lowest BCUT2D eigenvalue weighted by Crippen LogP contribution is -2.04. The Labute approximate surface area is 126 Å². The molecule has 1 aromatic heterocycles. The summed E-state index contributed by atoms with van der Waals surface area (Å²) in [5.74, 6) is -1.05. The van der Waals surface area contributed by atoms with Crippen LogP contribution in [0.15, 0.2) is 41.4 Å². The number of carboxylic acids is 1. The van der Waals surface area contributed by atoms with E-state index in [4.69, 9.17) is 5.11 Å². The third-order valence-corrected chi connectivity index (χ3v) is 3.66. The first-order chi connectivity index (χ1) is 10.2. The molecule has 0 spiro atoms. The third kappa shape index (κ3) is 3.52. The Hall–Kier alpha value is -2.52. The monoisotopic (exact) mass is 299 g/mol. The number of carboxylic acid groups (broad SMARTS) is 1. The molecule has 21 heavy (non-hydrogen) atoms. The van der Waals surface area contributed by atoms with Gasteiger partial charge < -0.3 is 10.4 Å². The second-order valence-electron chi connectivity index (χ2n) is 4.21. The van der Waals surface area contributed by atoms with E-state index < -0.39 is 5.97 Å². The largest absolute Gasteiger partial charge is 0.477 e. The summed E-state index contributed by atoms with van der Waals surface area (Å²) in [5, 5.41) is 21.2. The molecule has 0 aliphatic heterocycles. The molecular formula is C15H13N3O2S. The molecule has 0 atom stereocenters. The molecule has 0 fully saturated rings. The van der Waals surface area contributed by atoms with Crippen molar-refractivity contribution in [3.63, 3.8) is 0 Å². The number of thioether (sulfide) groups is 1. The smallest absolute Gasteiger partial charge is 0.354 e. The normalized spacial score (nSPS) is 9.90. The maximum absolute atomic E-state index is 10.7. The number of nitriles is 1. The number of nitrogens with one attached hydrogen (secondary N) is 1. The van der Waals surface area contributed by atoms with E-state index in [9.17, 15) is 10.1 Å². The lowest BCUT2D eigenvalue weighted by atomic mass is 10.2. The number of rotatable bonds is 5. The Balaban J connectivity index is 2.13. The number of benzene rings is 1. The van der Waals surface area contributed by atoms with E-state index in [1.807, 2.05) is 24.5 Å². The molecule has 2 N–H and O–H groups in total. The molecule has 106 valence electrons. The quantitative estimate of drug-likeness (QED) is 0.825. The zero-order chi connectivity index (χ0) is 15.2. The van der Waals surface area contributed by atoms with Crippen molar-refractivity contribution in [3.8, 4) is 6.07 Å². The SMILES string of the molecule is CSc1cccc(NCc2ccc(C(=O)O)nc2)c1C#N. The van der Waals surface area contributed by atoms with E-state index in [2.05, 4.69) is 16.4 Å². The van der Waals surface area contributed by atoms with Crippen molar-refractivity contribution in [2.24, 2.45) is 0 Å². The minimum absolute atomic E-state index is 0.0147. The van der Waals surface area contributed by atoms with E-state index in [-0.39, 0.29) is 5.69 Å². The summed E-state index contributed by atoms with van der Waals surface area (Å²) in [5.41, 5.74) is 2.23. The van der Waals surface area contributed by atoms with Crippen LogP contribution in [0, 0.1) is 11.3 Å². The second kappa shape index (κ2) is 6.77. The fraction of sp³-hybridized carbons (Fsp3) is 0.133. The number of carbonyl (C=O) groups is 1. The summed E-state index contributed by atoms with van der Waals surface area (Å²) >= 11 is 1.52. The standard InChI is InChI=1S/C15H13N3O2S/c1-21-14-4-2-3-12(11(14)7-16)17-8-10-5-6-13(15(19)20)18-9-10/h2-6,9,17H,8H2,1H3,(H,19,20). The molecule has 0 amide bonds. The van der Waals surface area contributed by atoms with Crippen molar-refractivity contribution in [1.82, 2.24) is 4.98 Å². The number of aromatic nitrogens is 1.